The fraction of sp³-hybridized carbons (Fsp3) is 0.533. The first kappa shape index (κ1) is 15.8. The first-order chi connectivity index (χ1) is 9.89. The van der Waals surface area contributed by atoms with E-state index in [0.29, 0.717) is 12.1 Å². The van der Waals surface area contributed by atoms with E-state index < -0.39 is 28.9 Å². The number of rotatable bonds is 3. The Morgan fingerprint density at radius 3 is 2.48 bits per heavy atom. The van der Waals surface area contributed by atoms with Gasteiger partial charge in [-0.15, -0.1) is 0 Å². The fourth-order valence-corrected chi connectivity index (χ4v) is 2.94. The van der Waals surface area contributed by atoms with Crippen LogP contribution in [-0.2, 0) is 0 Å². The quantitative estimate of drug-likeness (QED) is 0.843. The molecule has 1 fully saturated rings. The smallest absolute Gasteiger partial charge is 0.251 e. The maximum absolute atomic E-state index is 13.2. The van der Waals surface area contributed by atoms with Gasteiger partial charge in [-0.2, -0.15) is 0 Å². The van der Waals surface area contributed by atoms with E-state index >= 15 is 0 Å². The molecule has 0 aliphatic heterocycles. The van der Waals surface area contributed by atoms with Crippen LogP contribution in [0.3, 0.4) is 0 Å². The van der Waals surface area contributed by atoms with Crippen molar-refractivity contribution in [3.05, 3.63) is 35.1 Å². The van der Waals surface area contributed by atoms with Crippen molar-refractivity contribution in [2.45, 2.75) is 38.1 Å². The molecule has 0 bridgehead atoms. The third-order valence-electron chi connectivity index (χ3n) is 4.43. The van der Waals surface area contributed by atoms with Crippen LogP contribution in [0.4, 0.5) is 13.2 Å². The summed E-state index contributed by atoms with van der Waals surface area (Å²) in [4.78, 5) is 12.2. The lowest BCUT2D eigenvalue weighted by atomic mass is 9.73. The molecule has 3 N–H and O–H groups in total. The molecule has 0 heterocycles. The molecule has 0 saturated heterocycles. The van der Waals surface area contributed by atoms with Crippen molar-refractivity contribution in [1.82, 2.24) is 5.32 Å². The molecule has 2 atom stereocenters. The predicted octanol–water partition coefficient (Wildman–Crippen LogP) is 2.74. The third-order valence-corrected chi connectivity index (χ3v) is 4.43. The van der Waals surface area contributed by atoms with Gasteiger partial charge in [-0.25, -0.2) is 13.2 Å². The highest BCUT2D eigenvalue weighted by molar-refractivity contribution is 5.94. The second-order valence-electron chi connectivity index (χ2n) is 5.72. The fourth-order valence-electron chi connectivity index (χ4n) is 2.94. The van der Waals surface area contributed by atoms with Crippen LogP contribution in [0.15, 0.2) is 12.1 Å². The molecule has 0 aromatic heterocycles. The van der Waals surface area contributed by atoms with Crippen molar-refractivity contribution >= 4 is 5.91 Å². The molecular weight excluding hydrogens is 281 g/mol. The molecular formula is C15H19F3N2O. The molecule has 6 heteroatoms. The minimum Gasteiger partial charge on any atom is -0.345 e. The molecule has 116 valence electrons. The standard InChI is InChI=1S/C15H19F3N2O/c1-9-4-2-3-5-15(9,8-19)20-14(21)10-6-11(16)13(18)12(17)7-10/h6-7,9H,2-5,8,19H2,1H3,(H,20,21). The van der Waals surface area contributed by atoms with Crippen molar-refractivity contribution in [2.75, 3.05) is 6.54 Å². The Kier molecular flexibility index (Phi) is 4.56. The highest BCUT2D eigenvalue weighted by Crippen LogP contribution is 2.33. The molecule has 0 radical (unpaired) electrons. The highest BCUT2D eigenvalue weighted by Gasteiger charge is 2.38. The van der Waals surface area contributed by atoms with Crippen molar-refractivity contribution in [3.8, 4) is 0 Å². The van der Waals surface area contributed by atoms with E-state index in [-0.39, 0.29) is 18.0 Å². The maximum Gasteiger partial charge on any atom is 0.251 e. The number of carbonyl (C=O) groups is 1. The largest absolute Gasteiger partial charge is 0.345 e. The van der Waals surface area contributed by atoms with E-state index in [2.05, 4.69) is 5.32 Å². The van der Waals surface area contributed by atoms with E-state index in [1.807, 2.05) is 6.92 Å². The molecule has 1 aromatic rings. The van der Waals surface area contributed by atoms with E-state index in [4.69, 9.17) is 5.73 Å². The lowest BCUT2D eigenvalue weighted by Crippen LogP contribution is -2.59. The molecule has 1 amide bonds. The normalized spacial score (nSPS) is 25.7. The van der Waals surface area contributed by atoms with Crippen LogP contribution in [0, 0.1) is 23.4 Å². The van der Waals surface area contributed by atoms with Gasteiger partial charge in [0.25, 0.3) is 5.91 Å². The van der Waals surface area contributed by atoms with E-state index in [1.165, 1.54) is 0 Å². The van der Waals surface area contributed by atoms with Crippen LogP contribution in [-0.4, -0.2) is 18.0 Å². The third kappa shape index (κ3) is 3.05. The second kappa shape index (κ2) is 6.05. The van der Waals surface area contributed by atoms with Crippen LogP contribution >= 0.6 is 0 Å². The molecule has 1 saturated carbocycles. The Hall–Kier alpha value is -1.56. The van der Waals surface area contributed by atoms with Gasteiger partial charge in [0.15, 0.2) is 17.5 Å². The average molecular weight is 300 g/mol. The van der Waals surface area contributed by atoms with Crippen molar-refractivity contribution in [2.24, 2.45) is 11.7 Å². The van der Waals surface area contributed by atoms with Gasteiger partial charge in [-0.05, 0) is 30.9 Å². The Labute approximate surface area is 121 Å². The molecule has 1 aliphatic carbocycles. The summed E-state index contributed by atoms with van der Waals surface area (Å²) in [6.45, 7) is 2.25. The summed E-state index contributed by atoms with van der Waals surface area (Å²) in [5.41, 5.74) is 5.00. The number of halogens is 3. The zero-order valence-electron chi connectivity index (χ0n) is 11.9. The summed E-state index contributed by atoms with van der Waals surface area (Å²) < 4.78 is 39.4. The summed E-state index contributed by atoms with van der Waals surface area (Å²) in [6.07, 6.45) is 3.67. The predicted molar refractivity (Wildman–Crippen MR) is 73.2 cm³/mol. The van der Waals surface area contributed by atoms with Crippen LogP contribution in [0.25, 0.3) is 0 Å². The Bertz CT molecular complexity index is 527. The Morgan fingerprint density at radius 1 is 1.33 bits per heavy atom. The van der Waals surface area contributed by atoms with Gasteiger partial charge < -0.3 is 11.1 Å². The van der Waals surface area contributed by atoms with Gasteiger partial charge in [0.05, 0.1) is 5.54 Å². The van der Waals surface area contributed by atoms with Gasteiger partial charge in [0, 0.05) is 12.1 Å². The van der Waals surface area contributed by atoms with Crippen molar-refractivity contribution < 1.29 is 18.0 Å². The minimum atomic E-state index is -1.58. The SMILES string of the molecule is CC1CCCCC1(CN)NC(=O)c1cc(F)c(F)c(F)c1. The monoisotopic (exact) mass is 300 g/mol. The topological polar surface area (TPSA) is 55.1 Å². The molecule has 21 heavy (non-hydrogen) atoms. The van der Waals surface area contributed by atoms with Gasteiger partial charge in [0.1, 0.15) is 0 Å². The number of nitrogens with one attached hydrogen (secondary N) is 1. The average Bonchev–Trinajstić information content (AvgIpc) is 2.46. The van der Waals surface area contributed by atoms with Crippen LogP contribution in [0.2, 0.25) is 0 Å². The summed E-state index contributed by atoms with van der Waals surface area (Å²) >= 11 is 0. The number of hydrogen-bond donors (Lipinski definition) is 2. The zero-order valence-corrected chi connectivity index (χ0v) is 11.9. The zero-order chi connectivity index (χ0) is 15.6. The van der Waals surface area contributed by atoms with E-state index in [9.17, 15) is 18.0 Å². The summed E-state index contributed by atoms with van der Waals surface area (Å²) in [5, 5.41) is 2.80. The number of amides is 1. The molecule has 1 aliphatic rings. The van der Waals surface area contributed by atoms with Gasteiger partial charge in [-0.3, -0.25) is 4.79 Å². The van der Waals surface area contributed by atoms with Gasteiger partial charge in [0.2, 0.25) is 0 Å². The second-order valence-corrected chi connectivity index (χ2v) is 5.72. The molecule has 2 rings (SSSR count). The van der Waals surface area contributed by atoms with Gasteiger partial charge >= 0.3 is 0 Å². The molecule has 2 unspecified atom stereocenters. The Morgan fingerprint density at radius 2 is 1.95 bits per heavy atom. The van der Waals surface area contributed by atoms with Crippen molar-refractivity contribution in [3.63, 3.8) is 0 Å². The van der Waals surface area contributed by atoms with Gasteiger partial charge in [-0.1, -0.05) is 19.8 Å². The minimum absolute atomic E-state index is 0.176. The number of benzene rings is 1. The van der Waals surface area contributed by atoms with Crippen LogP contribution in [0.1, 0.15) is 43.0 Å². The highest BCUT2D eigenvalue weighted by atomic mass is 19.2. The lowest BCUT2D eigenvalue weighted by Gasteiger charge is -2.42. The van der Waals surface area contributed by atoms with Crippen LogP contribution < -0.4 is 11.1 Å². The number of nitrogens with two attached hydrogens (primary N) is 1. The lowest BCUT2D eigenvalue weighted by molar-refractivity contribution is 0.0811. The first-order valence-electron chi connectivity index (χ1n) is 7.07. The summed E-state index contributed by atoms with van der Waals surface area (Å²) in [6, 6.07) is 1.40. The maximum atomic E-state index is 13.2. The van der Waals surface area contributed by atoms with E-state index in [1.54, 1.807) is 0 Å². The Balaban J connectivity index is 2.24. The van der Waals surface area contributed by atoms with Crippen LogP contribution in [0.5, 0.6) is 0 Å². The molecule has 1 aromatic carbocycles. The summed E-state index contributed by atoms with van der Waals surface area (Å²) in [7, 11) is 0. The number of carbonyl (C=O) groups excluding carboxylic acids is 1. The first-order valence-corrected chi connectivity index (χ1v) is 7.07. The van der Waals surface area contributed by atoms with Crippen molar-refractivity contribution in [1.29, 1.82) is 0 Å². The molecule has 3 nitrogen and oxygen atoms in total. The summed E-state index contributed by atoms with van der Waals surface area (Å²) in [5.74, 6) is -4.79. The molecule has 0 spiro atoms. The number of hydrogen-bond acceptors (Lipinski definition) is 2. The van der Waals surface area contributed by atoms with E-state index in [0.717, 1.165) is 25.7 Å².